The quantitative estimate of drug-likeness (QED) is 0.715. The summed E-state index contributed by atoms with van der Waals surface area (Å²) in [5.41, 5.74) is 1.10. The van der Waals surface area contributed by atoms with Crippen molar-refractivity contribution in [1.29, 1.82) is 0 Å². The molecule has 1 N–H and O–H groups in total. The van der Waals surface area contributed by atoms with Gasteiger partial charge in [-0.1, -0.05) is 6.92 Å². The molecule has 1 atom stereocenters. The van der Waals surface area contributed by atoms with Crippen molar-refractivity contribution in [2.45, 2.75) is 26.3 Å². The van der Waals surface area contributed by atoms with Crippen LogP contribution in [-0.4, -0.2) is 15.8 Å². The van der Waals surface area contributed by atoms with Crippen LogP contribution in [0, 0.1) is 0 Å². The van der Waals surface area contributed by atoms with Gasteiger partial charge in [-0.15, -0.1) is 0 Å². The van der Waals surface area contributed by atoms with E-state index < -0.39 is 0 Å². The molecule has 0 aliphatic heterocycles. The molecular formula is C8H15N3. The molecule has 11 heavy (non-hydrogen) atoms. The minimum absolute atomic E-state index is 0.527. The van der Waals surface area contributed by atoms with Gasteiger partial charge in [-0.05, 0) is 13.3 Å². The van der Waals surface area contributed by atoms with Gasteiger partial charge in [0.2, 0.25) is 0 Å². The van der Waals surface area contributed by atoms with Gasteiger partial charge in [-0.25, -0.2) is 0 Å². The highest BCUT2D eigenvalue weighted by molar-refractivity contribution is 5.38. The number of aromatic nitrogens is 2. The van der Waals surface area contributed by atoms with Crippen LogP contribution in [0.3, 0.4) is 0 Å². The second-order valence-corrected chi connectivity index (χ2v) is 2.86. The maximum Gasteiger partial charge on any atom is 0.0728 e. The van der Waals surface area contributed by atoms with Crippen LogP contribution in [0.2, 0.25) is 0 Å². The van der Waals surface area contributed by atoms with E-state index >= 15 is 0 Å². The second kappa shape index (κ2) is 3.42. The smallest absolute Gasteiger partial charge is 0.0728 e. The fraction of sp³-hybridized carbons (Fsp3) is 0.625. The summed E-state index contributed by atoms with van der Waals surface area (Å²) in [6.07, 6.45) is 4.95. The molecule has 0 radical (unpaired) electrons. The van der Waals surface area contributed by atoms with E-state index in [4.69, 9.17) is 0 Å². The summed E-state index contributed by atoms with van der Waals surface area (Å²) >= 11 is 0. The van der Waals surface area contributed by atoms with Crippen LogP contribution in [0.5, 0.6) is 0 Å². The first-order valence-electron chi connectivity index (χ1n) is 3.97. The Morgan fingerprint density at radius 3 is 2.91 bits per heavy atom. The van der Waals surface area contributed by atoms with Gasteiger partial charge in [-0.3, -0.25) is 4.68 Å². The van der Waals surface area contributed by atoms with E-state index in [1.807, 2.05) is 19.4 Å². The minimum atomic E-state index is 0.527. The predicted octanol–water partition coefficient (Wildman–Crippen LogP) is 1.63. The van der Waals surface area contributed by atoms with Crippen LogP contribution in [0.15, 0.2) is 12.4 Å². The normalized spacial score (nSPS) is 13.0. The first-order valence-corrected chi connectivity index (χ1v) is 3.97. The lowest BCUT2D eigenvalue weighted by Crippen LogP contribution is -2.12. The molecule has 0 bridgehead atoms. The molecule has 0 fully saturated rings. The van der Waals surface area contributed by atoms with Crippen molar-refractivity contribution in [2.24, 2.45) is 7.05 Å². The third kappa shape index (κ3) is 2.26. The fourth-order valence-electron chi connectivity index (χ4n) is 0.882. The Morgan fingerprint density at radius 1 is 1.73 bits per heavy atom. The minimum Gasteiger partial charge on any atom is -0.380 e. The molecule has 0 spiro atoms. The molecule has 0 unspecified atom stereocenters. The third-order valence-electron chi connectivity index (χ3n) is 1.73. The van der Waals surface area contributed by atoms with E-state index in [1.54, 1.807) is 4.68 Å². The maximum absolute atomic E-state index is 4.06. The van der Waals surface area contributed by atoms with Gasteiger partial charge in [0.25, 0.3) is 0 Å². The number of nitrogens with zero attached hydrogens (tertiary/aromatic N) is 2. The van der Waals surface area contributed by atoms with Crippen molar-refractivity contribution in [3.8, 4) is 0 Å². The first kappa shape index (κ1) is 8.11. The average molecular weight is 153 g/mol. The summed E-state index contributed by atoms with van der Waals surface area (Å²) in [7, 11) is 1.92. The van der Waals surface area contributed by atoms with Gasteiger partial charge in [0, 0.05) is 19.3 Å². The van der Waals surface area contributed by atoms with Gasteiger partial charge < -0.3 is 5.32 Å². The molecule has 0 saturated carbocycles. The first-order chi connectivity index (χ1) is 5.22. The van der Waals surface area contributed by atoms with Crippen LogP contribution in [-0.2, 0) is 7.05 Å². The molecule has 0 aliphatic rings. The molecule has 0 aromatic carbocycles. The molecule has 3 heteroatoms. The SMILES string of the molecule is CC[C@H](C)Nc1cnn(C)c1. The highest BCUT2D eigenvalue weighted by Gasteiger charge is 1.98. The fourth-order valence-corrected chi connectivity index (χ4v) is 0.882. The summed E-state index contributed by atoms with van der Waals surface area (Å²) in [5, 5.41) is 7.39. The van der Waals surface area contributed by atoms with Crippen molar-refractivity contribution < 1.29 is 0 Å². The summed E-state index contributed by atoms with van der Waals surface area (Å²) in [6.45, 7) is 4.32. The Hall–Kier alpha value is -0.990. The zero-order valence-electron chi connectivity index (χ0n) is 7.33. The molecule has 3 nitrogen and oxygen atoms in total. The van der Waals surface area contributed by atoms with Crippen LogP contribution >= 0.6 is 0 Å². The van der Waals surface area contributed by atoms with Gasteiger partial charge >= 0.3 is 0 Å². The van der Waals surface area contributed by atoms with Crippen LogP contribution in [0.4, 0.5) is 5.69 Å². The van der Waals surface area contributed by atoms with Gasteiger partial charge in [-0.2, -0.15) is 5.10 Å². The number of hydrogen-bond donors (Lipinski definition) is 1. The highest BCUT2D eigenvalue weighted by Crippen LogP contribution is 2.06. The second-order valence-electron chi connectivity index (χ2n) is 2.86. The number of hydrogen-bond acceptors (Lipinski definition) is 2. The zero-order valence-corrected chi connectivity index (χ0v) is 7.33. The van der Waals surface area contributed by atoms with Gasteiger partial charge in [0.15, 0.2) is 0 Å². The van der Waals surface area contributed by atoms with E-state index in [1.165, 1.54) is 0 Å². The van der Waals surface area contributed by atoms with Crippen molar-refractivity contribution in [3.63, 3.8) is 0 Å². The van der Waals surface area contributed by atoms with Gasteiger partial charge in [0.1, 0.15) is 0 Å². The van der Waals surface area contributed by atoms with Crippen LogP contribution in [0.25, 0.3) is 0 Å². The Labute approximate surface area is 67.4 Å². The Balaban J connectivity index is 2.50. The molecule has 0 aliphatic carbocycles. The third-order valence-corrected chi connectivity index (χ3v) is 1.73. The molecule has 0 saturated heterocycles. The summed E-state index contributed by atoms with van der Waals surface area (Å²) in [6, 6.07) is 0.527. The van der Waals surface area contributed by atoms with Crippen molar-refractivity contribution >= 4 is 5.69 Å². The zero-order chi connectivity index (χ0) is 8.27. The topological polar surface area (TPSA) is 29.9 Å². The summed E-state index contributed by atoms with van der Waals surface area (Å²) in [5.74, 6) is 0. The lowest BCUT2D eigenvalue weighted by molar-refractivity contribution is 0.759. The molecule has 62 valence electrons. The van der Waals surface area contributed by atoms with Crippen molar-refractivity contribution in [3.05, 3.63) is 12.4 Å². The van der Waals surface area contributed by atoms with E-state index in [0.717, 1.165) is 12.1 Å². The number of aryl methyl sites for hydroxylation is 1. The largest absolute Gasteiger partial charge is 0.380 e. The van der Waals surface area contributed by atoms with Crippen molar-refractivity contribution in [2.75, 3.05) is 5.32 Å². The molecule has 1 heterocycles. The van der Waals surface area contributed by atoms with Gasteiger partial charge in [0.05, 0.1) is 11.9 Å². The number of anilines is 1. The molecular weight excluding hydrogens is 138 g/mol. The molecule has 1 aromatic heterocycles. The Bertz CT molecular complexity index is 217. The molecule has 1 aromatic rings. The maximum atomic E-state index is 4.06. The molecule has 1 rings (SSSR count). The van der Waals surface area contributed by atoms with E-state index in [2.05, 4.69) is 24.3 Å². The van der Waals surface area contributed by atoms with E-state index in [-0.39, 0.29) is 0 Å². The lowest BCUT2D eigenvalue weighted by atomic mass is 10.2. The number of rotatable bonds is 3. The monoisotopic (exact) mass is 153 g/mol. The van der Waals surface area contributed by atoms with E-state index in [9.17, 15) is 0 Å². The Kier molecular flexibility index (Phi) is 2.52. The lowest BCUT2D eigenvalue weighted by Gasteiger charge is -2.09. The standard InChI is InChI=1S/C8H15N3/c1-4-7(2)10-8-5-9-11(3)6-8/h5-7,10H,4H2,1-3H3/t7-/m0/s1. The number of nitrogens with one attached hydrogen (secondary N) is 1. The molecule has 0 amide bonds. The predicted molar refractivity (Wildman–Crippen MR) is 46.6 cm³/mol. The van der Waals surface area contributed by atoms with Crippen LogP contribution in [0.1, 0.15) is 20.3 Å². The summed E-state index contributed by atoms with van der Waals surface area (Å²) in [4.78, 5) is 0. The average Bonchev–Trinajstić information content (AvgIpc) is 2.35. The summed E-state index contributed by atoms with van der Waals surface area (Å²) < 4.78 is 1.80. The highest BCUT2D eigenvalue weighted by atomic mass is 15.3. The van der Waals surface area contributed by atoms with E-state index in [0.29, 0.717) is 6.04 Å². The van der Waals surface area contributed by atoms with Crippen LogP contribution < -0.4 is 5.32 Å². The Morgan fingerprint density at radius 2 is 2.45 bits per heavy atom. The van der Waals surface area contributed by atoms with Crippen molar-refractivity contribution in [1.82, 2.24) is 9.78 Å².